The van der Waals surface area contributed by atoms with Crippen LogP contribution in [0.25, 0.3) is 0 Å². The SMILES string of the molecule is Cc1cc(C2(N)CCC(C)C(C)C2)cs1. The molecule has 1 aliphatic carbocycles. The van der Waals surface area contributed by atoms with Gasteiger partial charge in [-0.3, -0.25) is 0 Å². The molecule has 1 saturated carbocycles. The van der Waals surface area contributed by atoms with E-state index >= 15 is 0 Å². The summed E-state index contributed by atoms with van der Waals surface area (Å²) >= 11 is 1.82. The van der Waals surface area contributed by atoms with Crippen molar-refractivity contribution in [1.82, 2.24) is 0 Å². The minimum Gasteiger partial charge on any atom is -0.321 e. The Morgan fingerprint density at radius 1 is 1.40 bits per heavy atom. The molecule has 0 spiro atoms. The summed E-state index contributed by atoms with van der Waals surface area (Å²) in [5, 5.41) is 2.25. The number of thiophene rings is 1. The monoisotopic (exact) mass is 223 g/mol. The van der Waals surface area contributed by atoms with Gasteiger partial charge in [0.2, 0.25) is 0 Å². The van der Waals surface area contributed by atoms with E-state index in [1.54, 1.807) is 0 Å². The molecule has 2 N–H and O–H groups in total. The van der Waals surface area contributed by atoms with Gasteiger partial charge in [0.05, 0.1) is 0 Å². The van der Waals surface area contributed by atoms with E-state index in [-0.39, 0.29) is 5.54 Å². The second-order valence-electron chi connectivity index (χ2n) is 5.30. The molecule has 84 valence electrons. The highest BCUT2D eigenvalue weighted by atomic mass is 32.1. The topological polar surface area (TPSA) is 26.0 Å². The van der Waals surface area contributed by atoms with Gasteiger partial charge in [0.25, 0.3) is 0 Å². The maximum absolute atomic E-state index is 6.55. The second-order valence-corrected chi connectivity index (χ2v) is 6.41. The van der Waals surface area contributed by atoms with Gasteiger partial charge in [-0.15, -0.1) is 11.3 Å². The van der Waals surface area contributed by atoms with E-state index < -0.39 is 0 Å². The zero-order valence-corrected chi connectivity index (χ0v) is 10.7. The van der Waals surface area contributed by atoms with Gasteiger partial charge < -0.3 is 5.73 Å². The zero-order valence-electron chi connectivity index (χ0n) is 9.92. The number of hydrogen-bond donors (Lipinski definition) is 1. The molecule has 0 aliphatic heterocycles. The molecule has 0 saturated heterocycles. The van der Waals surface area contributed by atoms with Crippen molar-refractivity contribution in [2.75, 3.05) is 0 Å². The van der Waals surface area contributed by atoms with Crippen LogP contribution in [-0.4, -0.2) is 0 Å². The van der Waals surface area contributed by atoms with Crippen LogP contribution < -0.4 is 5.73 Å². The molecule has 1 aliphatic rings. The Hall–Kier alpha value is -0.340. The van der Waals surface area contributed by atoms with Crippen LogP contribution >= 0.6 is 11.3 Å². The molecule has 3 unspecified atom stereocenters. The van der Waals surface area contributed by atoms with Crippen LogP contribution in [0.1, 0.15) is 43.6 Å². The molecule has 1 aromatic rings. The van der Waals surface area contributed by atoms with Crippen molar-refractivity contribution in [3.8, 4) is 0 Å². The number of hydrogen-bond acceptors (Lipinski definition) is 2. The highest BCUT2D eigenvalue weighted by molar-refractivity contribution is 7.10. The van der Waals surface area contributed by atoms with Crippen LogP contribution in [0.2, 0.25) is 0 Å². The molecule has 1 fully saturated rings. The van der Waals surface area contributed by atoms with E-state index in [0.717, 1.165) is 24.7 Å². The first kappa shape index (κ1) is 11.2. The summed E-state index contributed by atoms with van der Waals surface area (Å²) in [6, 6.07) is 2.27. The van der Waals surface area contributed by atoms with Gasteiger partial charge in [-0.2, -0.15) is 0 Å². The molecule has 0 radical (unpaired) electrons. The fraction of sp³-hybridized carbons (Fsp3) is 0.692. The summed E-state index contributed by atoms with van der Waals surface area (Å²) in [5.74, 6) is 1.59. The fourth-order valence-electron chi connectivity index (χ4n) is 2.61. The van der Waals surface area contributed by atoms with Gasteiger partial charge in [0, 0.05) is 10.4 Å². The minimum absolute atomic E-state index is 0.0450. The summed E-state index contributed by atoms with van der Waals surface area (Å²) in [6.07, 6.45) is 3.56. The van der Waals surface area contributed by atoms with Crippen molar-refractivity contribution in [2.24, 2.45) is 17.6 Å². The molecule has 2 heteroatoms. The molecule has 1 aromatic heterocycles. The summed E-state index contributed by atoms with van der Waals surface area (Å²) in [5.41, 5.74) is 7.87. The van der Waals surface area contributed by atoms with E-state index in [1.165, 1.54) is 16.9 Å². The molecule has 1 heterocycles. The van der Waals surface area contributed by atoms with E-state index in [0.29, 0.717) is 0 Å². The summed E-state index contributed by atoms with van der Waals surface area (Å²) in [7, 11) is 0. The van der Waals surface area contributed by atoms with Crippen LogP contribution in [0.4, 0.5) is 0 Å². The van der Waals surface area contributed by atoms with Gasteiger partial charge in [0.1, 0.15) is 0 Å². The minimum atomic E-state index is -0.0450. The summed E-state index contributed by atoms with van der Waals surface area (Å²) in [4.78, 5) is 1.38. The number of rotatable bonds is 1. The van der Waals surface area contributed by atoms with Gasteiger partial charge in [-0.05, 0) is 55.0 Å². The Kier molecular flexibility index (Phi) is 2.91. The highest BCUT2D eigenvalue weighted by Gasteiger charge is 2.36. The first-order valence-corrected chi connectivity index (χ1v) is 6.74. The molecule has 15 heavy (non-hydrogen) atoms. The van der Waals surface area contributed by atoms with Crippen molar-refractivity contribution in [3.05, 3.63) is 21.9 Å². The van der Waals surface area contributed by atoms with Crippen LogP contribution in [0.5, 0.6) is 0 Å². The van der Waals surface area contributed by atoms with Gasteiger partial charge in [0.15, 0.2) is 0 Å². The Morgan fingerprint density at radius 3 is 2.67 bits per heavy atom. The average Bonchev–Trinajstić information content (AvgIpc) is 2.60. The molecule has 0 aromatic carbocycles. The molecular formula is C13H21NS. The molecular weight excluding hydrogens is 202 g/mol. The van der Waals surface area contributed by atoms with Crippen LogP contribution in [0, 0.1) is 18.8 Å². The predicted octanol–water partition coefficient (Wildman–Crippen LogP) is 3.67. The van der Waals surface area contributed by atoms with Crippen molar-refractivity contribution in [2.45, 2.75) is 45.6 Å². The Morgan fingerprint density at radius 2 is 2.13 bits per heavy atom. The van der Waals surface area contributed by atoms with E-state index in [2.05, 4.69) is 32.2 Å². The van der Waals surface area contributed by atoms with E-state index in [4.69, 9.17) is 5.73 Å². The fourth-order valence-corrected chi connectivity index (χ4v) is 3.42. The van der Waals surface area contributed by atoms with Gasteiger partial charge in [-0.1, -0.05) is 13.8 Å². The number of aryl methyl sites for hydroxylation is 1. The Bertz CT molecular complexity index is 344. The maximum Gasteiger partial charge on any atom is 0.0420 e. The van der Waals surface area contributed by atoms with Crippen LogP contribution in [0.3, 0.4) is 0 Å². The largest absolute Gasteiger partial charge is 0.321 e. The first-order valence-electron chi connectivity index (χ1n) is 5.86. The van der Waals surface area contributed by atoms with E-state index in [9.17, 15) is 0 Å². The third-order valence-corrected chi connectivity index (χ3v) is 4.87. The lowest BCUT2D eigenvalue weighted by molar-refractivity contribution is 0.177. The molecule has 3 atom stereocenters. The summed E-state index contributed by atoms with van der Waals surface area (Å²) < 4.78 is 0. The highest BCUT2D eigenvalue weighted by Crippen LogP contribution is 2.41. The standard InChI is InChI=1S/C13H21NS/c1-9-4-5-13(14,7-10(9)2)12-6-11(3)15-8-12/h6,8-10H,4-5,7,14H2,1-3H3. The van der Waals surface area contributed by atoms with Crippen molar-refractivity contribution < 1.29 is 0 Å². The van der Waals surface area contributed by atoms with Crippen molar-refractivity contribution >= 4 is 11.3 Å². The Balaban J connectivity index is 2.20. The van der Waals surface area contributed by atoms with Crippen LogP contribution in [-0.2, 0) is 5.54 Å². The zero-order chi connectivity index (χ0) is 11.1. The smallest absolute Gasteiger partial charge is 0.0420 e. The van der Waals surface area contributed by atoms with Crippen molar-refractivity contribution in [3.63, 3.8) is 0 Å². The molecule has 1 nitrogen and oxygen atoms in total. The number of nitrogens with two attached hydrogens (primary N) is 1. The summed E-state index contributed by atoms with van der Waals surface area (Å²) in [6.45, 7) is 6.85. The lowest BCUT2D eigenvalue weighted by Gasteiger charge is -2.40. The van der Waals surface area contributed by atoms with Gasteiger partial charge >= 0.3 is 0 Å². The van der Waals surface area contributed by atoms with Crippen molar-refractivity contribution in [1.29, 1.82) is 0 Å². The average molecular weight is 223 g/mol. The van der Waals surface area contributed by atoms with Gasteiger partial charge in [-0.25, -0.2) is 0 Å². The Labute approximate surface area is 96.7 Å². The third-order valence-electron chi connectivity index (χ3n) is 4.01. The predicted molar refractivity (Wildman–Crippen MR) is 67.1 cm³/mol. The lowest BCUT2D eigenvalue weighted by Crippen LogP contribution is -2.42. The molecule has 0 amide bonds. The van der Waals surface area contributed by atoms with Crippen LogP contribution in [0.15, 0.2) is 11.4 Å². The second kappa shape index (κ2) is 3.91. The first-order chi connectivity index (χ1) is 7.01. The normalized spacial score (nSPS) is 36.8. The maximum atomic E-state index is 6.55. The quantitative estimate of drug-likeness (QED) is 0.772. The van der Waals surface area contributed by atoms with E-state index in [1.807, 2.05) is 11.3 Å². The molecule has 2 rings (SSSR count). The third kappa shape index (κ3) is 2.11. The lowest BCUT2D eigenvalue weighted by atomic mass is 9.69. The molecule has 0 bridgehead atoms.